The van der Waals surface area contributed by atoms with E-state index in [1.54, 1.807) is 0 Å². The lowest BCUT2D eigenvalue weighted by Crippen LogP contribution is -2.37. The number of ether oxygens (including phenoxy) is 1. The first-order valence-electron chi connectivity index (χ1n) is 9.25. The highest BCUT2D eigenvalue weighted by Gasteiger charge is 2.42. The van der Waals surface area contributed by atoms with Gasteiger partial charge in [-0.05, 0) is 32.6 Å². The predicted octanol–water partition coefficient (Wildman–Crippen LogP) is 1.74. The van der Waals surface area contributed by atoms with E-state index in [4.69, 9.17) is 4.74 Å². The average Bonchev–Trinajstić information content (AvgIpc) is 3.27. The predicted molar refractivity (Wildman–Crippen MR) is 95.2 cm³/mol. The third-order valence-corrected chi connectivity index (χ3v) is 6.76. The molecule has 0 aromatic carbocycles. The fourth-order valence-electron chi connectivity index (χ4n) is 3.86. The monoisotopic (exact) mass is 355 g/mol. The van der Waals surface area contributed by atoms with Gasteiger partial charge in [0.1, 0.15) is 0 Å². The van der Waals surface area contributed by atoms with Gasteiger partial charge in [-0.25, -0.2) is 4.79 Å². The van der Waals surface area contributed by atoms with Crippen LogP contribution in [-0.4, -0.2) is 65.7 Å². The maximum atomic E-state index is 12.4. The van der Waals surface area contributed by atoms with Crippen LogP contribution in [0.2, 0.25) is 0 Å². The van der Waals surface area contributed by atoms with Gasteiger partial charge in [-0.2, -0.15) is 11.8 Å². The van der Waals surface area contributed by atoms with Gasteiger partial charge in [0.05, 0.1) is 18.2 Å². The van der Waals surface area contributed by atoms with Crippen LogP contribution in [0.4, 0.5) is 4.79 Å². The topological polar surface area (TPSA) is 70.7 Å². The van der Waals surface area contributed by atoms with Crippen LogP contribution in [0.15, 0.2) is 0 Å². The zero-order valence-corrected chi connectivity index (χ0v) is 15.3. The van der Waals surface area contributed by atoms with Crippen LogP contribution in [0.3, 0.4) is 0 Å². The Labute approximate surface area is 148 Å². The van der Waals surface area contributed by atoms with E-state index in [1.807, 2.05) is 23.6 Å². The molecular weight excluding hydrogens is 326 g/mol. The molecule has 0 saturated carbocycles. The van der Waals surface area contributed by atoms with E-state index < -0.39 is 0 Å². The first-order valence-corrected chi connectivity index (χ1v) is 10.3. The van der Waals surface area contributed by atoms with Gasteiger partial charge in [0.25, 0.3) is 0 Å². The number of carbonyl (C=O) groups excluding carboxylic acids is 2. The van der Waals surface area contributed by atoms with Crippen molar-refractivity contribution in [2.24, 2.45) is 0 Å². The molecule has 0 aromatic rings. The summed E-state index contributed by atoms with van der Waals surface area (Å²) < 4.78 is 5.64. The number of rotatable bonds is 8. The molecular formula is C17H29N3O3S. The number of unbranched alkanes of at least 4 members (excludes halogenated alkanes) is 1. The Balaban J connectivity index is 1.33. The van der Waals surface area contributed by atoms with Crippen LogP contribution in [0, 0.1) is 0 Å². The van der Waals surface area contributed by atoms with Crippen molar-refractivity contribution < 1.29 is 14.3 Å². The highest BCUT2D eigenvalue weighted by Crippen LogP contribution is 2.33. The normalized spacial score (nSPS) is 31.6. The molecule has 3 amide bonds. The van der Waals surface area contributed by atoms with E-state index in [1.165, 1.54) is 0 Å². The molecule has 2 N–H and O–H groups in total. The van der Waals surface area contributed by atoms with E-state index in [9.17, 15) is 9.59 Å². The summed E-state index contributed by atoms with van der Waals surface area (Å²) in [6.07, 6.45) is 6.08. The van der Waals surface area contributed by atoms with Gasteiger partial charge in [-0.3, -0.25) is 4.79 Å². The first-order chi connectivity index (χ1) is 11.7. The second-order valence-corrected chi connectivity index (χ2v) is 8.21. The smallest absolute Gasteiger partial charge is 0.315 e. The number of carbonyl (C=O) groups is 2. The molecule has 4 atom stereocenters. The Kier molecular flexibility index (Phi) is 6.27. The molecule has 3 aliphatic heterocycles. The van der Waals surface area contributed by atoms with Crippen molar-refractivity contribution in [3.8, 4) is 0 Å². The van der Waals surface area contributed by atoms with Crippen LogP contribution in [0.5, 0.6) is 0 Å². The fourth-order valence-corrected chi connectivity index (χ4v) is 5.41. The summed E-state index contributed by atoms with van der Waals surface area (Å²) in [4.78, 5) is 25.7. The summed E-state index contributed by atoms with van der Waals surface area (Å²) in [5.74, 6) is 1.25. The number of hydrogen-bond donors (Lipinski definition) is 2. The summed E-state index contributed by atoms with van der Waals surface area (Å²) in [6.45, 7) is 4.38. The minimum atomic E-state index is -0.0294. The molecule has 3 aliphatic rings. The van der Waals surface area contributed by atoms with Gasteiger partial charge >= 0.3 is 6.03 Å². The lowest BCUT2D eigenvalue weighted by Gasteiger charge is -2.24. The molecule has 6 nitrogen and oxygen atoms in total. The second kappa shape index (κ2) is 8.43. The van der Waals surface area contributed by atoms with Gasteiger partial charge in [-0.15, -0.1) is 0 Å². The van der Waals surface area contributed by atoms with Crippen molar-refractivity contribution in [3.05, 3.63) is 0 Å². The summed E-state index contributed by atoms with van der Waals surface area (Å²) in [6, 6.07) is 0.527. The van der Waals surface area contributed by atoms with E-state index in [0.29, 0.717) is 11.7 Å². The highest BCUT2D eigenvalue weighted by molar-refractivity contribution is 8.00. The molecule has 0 bridgehead atoms. The zero-order chi connectivity index (χ0) is 16.9. The number of urea groups is 1. The summed E-state index contributed by atoms with van der Waals surface area (Å²) >= 11 is 1.94. The molecule has 0 aromatic heterocycles. The number of hydrogen-bond acceptors (Lipinski definition) is 4. The second-order valence-electron chi connectivity index (χ2n) is 6.94. The molecule has 3 rings (SSSR count). The first kappa shape index (κ1) is 17.9. The van der Waals surface area contributed by atoms with Crippen LogP contribution in [0.1, 0.15) is 45.4 Å². The average molecular weight is 356 g/mol. The minimum Gasteiger partial charge on any atom is -0.376 e. The van der Waals surface area contributed by atoms with Gasteiger partial charge in [-0.1, -0.05) is 6.42 Å². The van der Waals surface area contributed by atoms with Crippen molar-refractivity contribution in [2.45, 2.75) is 68.9 Å². The maximum absolute atomic E-state index is 12.4. The van der Waals surface area contributed by atoms with Crippen molar-refractivity contribution in [1.82, 2.24) is 15.5 Å². The number of fused-ring (bicyclic) bond motifs is 1. The Bertz CT molecular complexity index is 456. The molecule has 3 saturated heterocycles. The third-order valence-electron chi connectivity index (χ3n) is 5.25. The largest absolute Gasteiger partial charge is 0.376 e. The number of likely N-dealkylation sites (N-methyl/N-ethyl adjacent to an activating group) is 1. The lowest BCUT2D eigenvalue weighted by atomic mass is 10.0. The van der Waals surface area contributed by atoms with Crippen LogP contribution in [-0.2, 0) is 9.53 Å². The van der Waals surface area contributed by atoms with Gasteiger partial charge in [0.15, 0.2) is 0 Å². The Morgan fingerprint density at radius 2 is 2.25 bits per heavy atom. The van der Waals surface area contributed by atoms with Crippen molar-refractivity contribution in [3.63, 3.8) is 0 Å². The van der Waals surface area contributed by atoms with Crippen molar-refractivity contribution in [1.29, 1.82) is 0 Å². The van der Waals surface area contributed by atoms with Gasteiger partial charge in [0.2, 0.25) is 5.91 Å². The molecule has 0 spiro atoms. The van der Waals surface area contributed by atoms with E-state index in [-0.39, 0.29) is 30.1 Å². The molecule has 24 heavy (non-hydrogen) atoms. The third kappa shape index (κ3) is 4.36. The van der Waals surface area contributed by atoms with E-state index in [2.05, 4.69) is 10.6 Å². The lowest BCUT2D eigenvalue weighted by molar-refractivity contribution is -0.132. The molecule has 3 fully saturated rings. The Morgan fingerprint density at radius 1 is 1.38 bits per heavy atom. The molecule has 7 heteroatoms. The minimum absolute atomic E-state index is 0.0294. The molecule has 0 unspecified atom stereocenters. The summed E-state index contributed by atoms with van der Waals surface area (Å²) in [7, 11) is 0. The Morgan fingerprint density at radius 3 is 3.00 bits per heavy atom. The fraction of sp³-hybridized carbons (Fsp3) is 0.882. The van der Waals surface area contributed by atoms with Crippen molar-refractivity contribution in [2.75, 3.05) is 25.4 Å². The number of amides is 3. The maximum Gasteiger partial charge on any atom is 0.315 e. The van der Waals surface area contributed by atoms with Gasteiger partial charge < -0.3 is 20.3 Å². The van der Waals surface area contributed by atoms with E-state index >= 15 is 0 Å². The quantitative estimate of drug-likeness (QED) is 0.514. The zero-order valence-electron chi connectivity index (χ0n) is 14.5. The molecule has 3 heterocycles. The number of thioether (sulfide) groups is 1. The number of nitrogens with one attached hydrogen (secondary N) is 2. The Hall–Kier alpha value is -0.950. The van der Waals surface area contributed by atoms with Gasteiger partial charge in [0, 0.05) is 37.1 Å². The van der Waals surface area contributed by atoms with Crippen LogP contribution >= 0.6 is 11.8 Å². The standard InChI is InChI=1S/C17H29N3O3S/c1-2-20(10-12-6-5-9-23-12)15(21)8-4-3-7-14-16-13(11-24-14)18-17(22)19-16/h12-14,16H,2-11H2,1H3,(H2,18,19,22)/t12-,13+,14+,16+/m1/s1. The van der Waals surface area contributed by atoms with E-state index in [0.717, 1.165) is 57.6 Å². The molecule has 0 radical (unpaired) electrons. The molecule has 0 aliphatic carbocycles. The SMILES string of the molecule is CCN(C[C@H]1CCCO1)C(=O)CCCC[C@@H]1SC[C@@H]2NC(=O)N[C@@H]21. The highest BCUT2D eigenvalue weighted by atomic mass is 32.2. The van der Waals surface area contributed by atoms with Crippen LogP contribution < -0.4 is 10.6 Å². The molecule has 136 valence electrons. The van der Waals surface area contributed by atoms with Crippen LogP contribution in [0.25, 0.3) is 0 Å². The summed E-state index contributed by atoms with van der Waals surface area (Å²) in [5, 5.41) is 6.48. The van der Waals surface area contributed by atoms with Crippen molar-refractivity contribution >= 4 is 23.7 Å². The number of nitrogens with zero attached hydrogens (tertiary/aromatic N) is 1. The summed E-state index contributed by atoms with van der Waals surface area (Å²) in [5.41, 5.74) is 0.